The van der Waals surface area contributed by atoms with Crippen LogP contribution >= 0.6 is 0 Å². The molecule has 0 N–H and O–H groups in total. The molecule has 0 aromatic rings. The van der Waals surface area contributed by atoms with Crippen LogP contribution in [0.3, 0.4) is 0 Å². The van der Waals surface area contributed by atoms with Gasteiger partial charge in [-0.25, -0.2) is 0 Å². The molecule has 0 heterocycles. The average molecular weight is 230 g/mol. The van der Waals surface area contributed by atoms with Crippen LogP contribution in [0.25, 0.3) is 0 Å². The second-order valence-corrected chi connectivity index (χ2v) is 10.4. The Morgan fingerprint density at radius 2 is 1.62 bits per heavy atom. The van der Waals surface area contributed by atoms with Gasteiger partial charge in [0.15, 0.2) is 0 Å². The molecule has 86 valence electrons. The zero-order valence-electron chi connectivity index (χ0n) is 11.1. The lowest BCUT2D eigenvalue weighted by molar-refractivity contribution is 1.17. The van der Waals surface area contributed by atoms with E-state index in [4.69, 9.17) is 0 Å². The maximum atomic E-state index is 2.50. The van der Waals surface area contributed by atoms with Crippen LogP contribution < -0.4 is 0 Å². The molecule has 0 amide bonds. The summed E-state index contributed by atoms with van der Waals surface area (Å²) in [5.74, 6) is 0. The Morgan fingerprint density at radius 3 is 2.06 bits per heavy atom. The minimum Gasteiger partial charge on any atom is -0.0724 e. The molecule has 0 atom stereocenters. The van der Waals surface area contributed by atoms with Gasteiger partial charge in [0.25, 0.3) is 0 Å². The normalized spacial score (nSPS) is 21.2. The molecular formula is C15H22Si. The van der Waals surface area contributed by atoms with Crippen LogP contribution in [0.4, 0.5) is 0 Å². The highest BCUT2D eigenvalue weighted by Crippen LogP contribution is 2.38. The lowest BCUT2D eigenvalue weighted by atomic mass is 10.2. The zero-order chi connectivity index (χ0) is 11.9. The van der Waals surface area contributed by atoms with Gasteiger partial charge in [0.05, 0.1) is 0 Å². The lowest BCUT2D eigenvalue weighted by Crippen LogP contribution is -2.31. The smallest absolute Gasteiger partial charge is 0.0724 e. The first kappa shape index (κ1) is 11.7. The molecule has 0 radical (unpaired) electrons. The van der Waals surface area contributed by atoms with E-state index in [1.165, 1.54) is 24.0 Å². The SMILES string of the molecule is CC1=CC=C([Si](C)(C)C2=CC(C)=C(C)C2)C1. The van der Waals surface area contributed by atoms with Crippen molar-refractivity contribution in [1.82, 2.24) is 0 Å². The molecule has 0 unspecified atom stereocenters. The predicted octanol–water partition coefficient (Wildman–Crippen LogP) is 4.72. The van der Waals surface area contributed by atoms with Crippen LogP contribution in [0.2, 0.25) is 13.1 Å². The number of hydrogen-bond donors (Lipinski definition) is 0. The molecule has 16 heavy (non-hydrogen) atoms. The van der Waals surface area contributed by atoms with E-state index in [1.54, 1.807) is 16.0 Å². The van der Waals surface area contributed by atoms with Crippen molar-refractivity contribution in [2.24, 2.45) is 0 Å². The minimum absolute atomic E-state index is 1.22. The quantitative estimate of drug-likeness (QED) is 0.602. The first-order valence-electron chi connectivity index (χ1n) is 6.15. The molecule has 0 aliphatic heterocycles. The van der Waals surface area contributed by atoms with E-state index in [-0.39, 0.29) is 0 Å². The third-order valence-electron chi connectivity index (χ3n) is 4.16. The highest BCUT2D eigenvalue weighted by Gasteiger charge is 2.33. The van der Waals surface area contributed by atoms with Crippen LogP contribution in [0.1, 0.15) is 33.6 Å². The summed E-state index contributed by atoms with van der Waals surface area (Å²) in [5.41, 5.74) is 4.59. The second kappa shape index (κ2) is 3.88. The van der Waals surface area contributed by atoms with E-state index in [1.807, 2.05) is 0 Å². The van der Waals surface area contributed by atoms with Crippen LogP contribution in [-0.4, -0.2) is 8.07 Å². The summed E-state index contributed by atoms with van der Waals surface area (Å²) in [5, 5.41) is 3.43. The molecule has 0 aromatic carbocycles. The minimum atomic E-state index is -1.33. The Bertz CT molecular complexity index is 442. The molecule has 0 saturated carbocycles. The van der Waals surface area contributed by atoms with Gasteiger partial charge in [-0.2, -0.15) is 0 Å². The van der Waals surface area contributed by atoms with Crippen molar-refractivity contribution >= 4 is 8.07 Å². The molecule has 0 fully saturated rings. The maximum Gasteiger partial charge on any atom is 0.103 e. The first-order chi connectivity index (χ1) is 7.41. The number of rotatable bonds is 2. The summed E-state index contributed by atoms with van der Waals surface area (Å²) in [4.78, 5) is 0. The summed E-state index contributed by atoms with van der Waals surface area (Å²) < 4.78 is 0. The summed E-state index contributed by atoms with van der Waals surface area (Å²) in [7, 11) is -1.33. The topological polar surface area (TPSA) is 0 Å². The summed E-state index contributed by atoms with van der Waals surface area (Å²) in [6.07, 6.45) is 9.57. The first-order valence-corrected chi connectivity index (χ1v) is 9.15. The largest absolute Gasteiger partial charge is 0.103 e. The van der Waals surface area contributed by atoms with E-state index < -0.39 is 8.07 Å². The van der Waals surface area contributed by atoms with Crippen LogP contribution in [0.15, 0.2) is 45.3 Å². The highest BCUT2D eigenvalue weighted by molar-refractivity contribution is 6.90. The van der Waals surface area contributed by atoms with E-state index in [2.05, 4.69) is 52.1 Å². The fourth-order valence-corrected chi connectivity index (χ4v) is 5.48. The van der Waals surface area contributed by atoms with Crippen molar-refractivity contribution < 1.29 is 0 Å². The molecule has 2 aliphatic rings. The Balaban J connectivity index is 2.20. The number of allylic oxidation sites excluding steroid dienone is 8. The van der Waals surface area contributed by atoms with Crippen LogP contribution in [0.5, 0.6) is 0 Å². The molecule has 0 spiro atoms. The monoisotopic (exact) mass is 230 g/mol. The Morgan fingerprint density at radius 1 is 0.938 bits per heavy atom. The molecule has 1 heteroatoms. The van der Waals surface area contributed by atoms with E-state index >= 15 is 0 Å². The van der Waals surface area contributed by atoms with Gasteiger partial charge in [0, 0.05) is 0 Å². The van der Waals surface area contributed by atoms with Gasteiger partial charge in [0.1, 0.15) is 8.07 Å². The zero-order valence-corrected chi connectivity index (χ0v) is 12.1. The van der Waals surface area contributed by atoms with Crippen molar-refractivity contribution in [3.63, 3.8) is 0 Å². The summed E-state index contributed by atoms with van der Waals surface area (Å²) in [6, 6.07) is 0. The molecule has 0 nitrogen and oxygen atoms in total. The highest BCUT2D eigenvalue weighted by atomic mass is 28.3. The van der Waals surface area contributed by atoms with Gasteiger partial charge in [0.2, 0.25) is 0 Å². The van der Waals surface area contributed by atoms with Crippen LogP contribution in [0, 0.1) is 0 Å². The molecule has 0 bridgehead atoms. The molecular weight excluding hydrogens is 208 g/mol. The summed E-state index contributed by atoms with van der Waals surface area (Å²) >= 11 is 0. The molecule has 0 saturated heterocycles. The molecule has 2 aliphatic carbocycles. The van der Waals surface area contributed by atoms with Gasteiger partial charge in [-0.05, 0) is 33.6 Å². The van der Waals surface area contributed by atoms with E-state index in [0.29, 0.717) is 0 Å². The summed E-state index contributed by atoms with van der Waals surface area (Å²) in [6.45, 7) is 11.8. The average Bonchev–Trinajstić information content (AvgIpc) is 2.75. The van der Waals surface area contributed by atoms with Crippen molar-refractivity contribution in [2.75, 3.05) is 0 Å². The Kier molecular flexibility index (Phi) is 2.83. The fourth-order valence-electron chi connectivity index (χ4n) is 2.56. The Hall–Kier alpha value is -0.823. The number of hydrogen-bond acceptors (Lipinski definition) is 0. The second-order valence-electron chi connectivity index (χ2n) is 5.82. The van der Waals surface area contributed by atoms with Crippen LogP contribution in [-0.2, 0) is 0 Å². The third-order valence-corrected chi connectivity index (χ3v) is 8.04. The third kappa shape index (κ3) is 1.89. The van der Waals surface area contributed by atoms with Crippen molar-refractivity contribution in [2.45, 2.75) is 46.7 Å². The van der Waals surface area contributed by atoms with Crippen molar-refractivity contribution in [1.29, 1.82) is 0 Å². The molecule has 0 aromatic heterocycles. The van der Waals surface area contributed by atoms with Crippen molar-refractivity contribution in [3.8, 4) is 0 Å². The predicted molar refractivity (Wildman–Crippen MR) is 75.0 cm³/mol. The van der Waals surface area contributed by atoms with Crippen molar-refractivity contribution in [3.05, 3.63) is 45.3 Å². The molecule has 2 rings (SSSR count). The van der Waals surface area contributed by atoms with Gasteiger partial charge in [-0.1, -0.05) is 58.4 Å². The van der Waals surface area contributed by atoms with E-state index in [0.717, 1.165) is 0 Å². The lowest BCUT2D eigenvalue weighted by Gasteiger charge is -2.27. The maximum absolute atomic E-state index is 2.50. The standard InChI is InChI=1S/C15H22Si/c1-11-6-7-14(8-11)16(4,5)15-9-12(2)13(3)10-15/h6-7,9H,8,10H2,1-5H3. The van der Waals surface area contributed by atoms with Gasteiger partial charge >= 0.3 is 0 Å². The fraction of sp³-hybridized carbons (Fsp3) is 0.467. The van der Waals surface area contributed by atoms with Gasteiger partial charge in [-0.15, -0.1) is 0 Å². The van der Waals surface area contributed by atoms with E-state index in [9.17, 15) is 0 Å². The van der Waals surface area contributed by atoms with Gasteiger partial charge < -0.3 is 0 Å². The Labute approximate surface area is 100 Å². The van der Waals surface area contributed by atoms with Gasteiger partial charge in [-0.3, -0.25) is 0 Å².